The molecule has 2 rings (SSSR count). The van der Waals surface area contributed by atoms with Crippen LogP contribution in [0.5, 0.6) is 0 Å². The summed E-state index contributed by atoms with van der Waals surface area (Å²) in [4.78, 5) is 4.02. The molecule has 20 heavy (non-hydrogen) atoms. The average Bonchev–Trinajstić information content (AvgIpc) is 2.89. The number of nitrogens with zero attached hydrogens (tertiary/aromatic N) is 1. The van der Waals surface area contributed by atoms with Gasteiger partial charge in [-0.3, -0.25) is 4.72 Å². The Hall–Kier alpha value is -1.15. The molecule has 0 saturated carbocycles. The van der Waals surface area contributed by atoms with Crippen molar-refractivity contribution in [3.8, 4) is 0 Å². The van der Waals surface area contributed by atoms with E-state index < -0.39 is 10.0 Å². The van der Waals surface area contributed by atoms with Gasteiger partial charge in [-0.25, -0.2) is 13.4 Å². The van der Waals surface area contributed by atoms with Crippen molar-refractivity contribution in [2.45, 2.75) is 18.4 Å². The van der Waals surface area contributed by atoms with Crippen molar-refractivity contribution >= 4 is 38.1 Å². The van der Waals surface area contributed by atoms with Crippen LogP contribution in [0.3, 0.4) is 0 Å². The maximum Gasteiger partial charge on any atom is 0.263 e. The molecule has 2 aromatic rings. The molecule has 0 saturated heterocycles. The number of rotatable bonds is 6. The highest BCUT2D eigenvalue weighted by molar-refractivity contribution is 7.93. The van der Waals surface area contributed by atoms with Gasteiger partial charge in [0.15, 0.2) is 5.13 Å². The van der Waals surface area contributed by atoms with Crippen LogP contribution in [0, 0.1) is 0 Å². The van der Waals surface area contributed by atoms with Gasteiger partial charge in [-0.1, -0.05) is 24.6 Å². The lowest BCUT2D eigenvalue weighted by molar-refractivity contribution is 0.601. The molecule has 2 N–H and O–H groups in total. The van der Waals surface area contributed by atoms with Gasteiger partial charge >= 0.3 is 0 Å². The van der Waals surface area contributed by atoms with Crippen LogP contribution in [0.1, 0.15) is 12.5 Å². The topological polar surface area (TPSA) is 71.1 Å². The number of hydrogen-bond donors (Lipinski definition) is 2. The third kappa shape index (κ3) is 3.69. The SMILES string of the molecule is CCNCc1ccc(S(=O)(=O)Nc2nccs2)cc1Cl. The first-order valence-electron chi connectivity index (χ1n) is 5.94. The average molecular weight is 332 g/mol. The molecule has 0 aliphatic carbocycles. The quantitative estimate of drug-likeness (QED) is 0.853. The Bertz CT molecular complexity index is 672. The van der Waals surface area contributed by atoms with E-state index in [1.807, 2.05) is 6.92 Å². The van der Waals surface area contributed by atoms with Gasteiger partial charge in [0.1, 0.15) is 0 Å². The van der Waals surface area contributed by atoms with Crippen LogP contribution in [0.2, 0.25) is 5.02 Å². The summed E-state index contributed by atoms with van der Waals surface area (Å²) in [7, 11) is -3.65. The Morgan fingerprint density at radius 2 is 2.20 bits per heavy atom. The van der Waals surface area contributed by atoms with Gasteiger partial charge in [-0.15, -0.1) is 11.3 Å². The van der Waals surface area contributed by atoms with Crippen LogP contribution in [0.25, 0.3) is 0 Å². The first-order chi connectivity index (χ1) is 9.53. The van der Waals surface area contributed by atoms with E-state index >= 15 is 0 Å². The molecule has 1 aromatic carbocycles. The Kier molecular flexibility index (Phi) is 4.98. The molecule has 0 fully saturated rings. The van der Waals surface area contributed by atoms with Crippen molar-refractivity contribution in [1.82, 2.24) is 10.3 Å². The summed E-state index contributed by atoms with van der Waals surface area (Å²) >= 11 is 7.33. The summed E-state index contributed by atoms with van der Waals surface area (Å²) in [6, 6.07) is 4.69. The maximum atomic E-state index is 12.2. The molecule has 1 aromatic heterocycles. The zero-order valence-electron chi connectivity index (χ0n) is 10.8. The minimum Gasteiger partial charge on any atom is -0.313 e. The summed E-state index contributed by atoms with van der Waals surface area (Å²) in [5, 5.41) is 5.60. The second-order valence-corrected chi connectivity index (χ2v) is 6.96. The van der Waals surface area contributed by atoms with Crippen LogP contribution in [-0.4, -0.2) is 19.9 Å². The predicted molar refractivity (Wildman–Crippen MR) is 81.8 cm³/mol. The first-order valence-corrected chi connectivity index (χ1v) is 8.68. The number of hydrogen-bond acceptors (Lipinski definition) is 5. The third-order valence-corrected chi connectivity index (χ3v) is 5.06. The van der Waals surface area contributed by atoms with Gasteiger partial charge in [0, 0.05) is 23.1 Å². The Morgan fingerprint density at radius 3 is 2.80 bits per heavy atom. The summed E-state index contributed by atoms with van der Waals surface area (Å²) < 4.78 is 26.7. The van der Waals surface area contributed by atoms with E-state index in [1.165, 1.54) is 29.7 Å². The molecule has 0 radical (unpaired) electrons. The number of aromatic nitrogens is 1. The lowest BCUT2D eigenvalue weighted by Gasteiger charge is -2.09. The Morgan fingerprint density at radius 1 is 1.40 bits per heavy atom. The van der Waals surface area contributed by atoms with Crippen LogP contribution in [0.4, 0.5) is 5.13 Å². The molecule has 0 unspecified atom stereocenters. The number of nitrogens with one attached hydrogen (secondary N) is 2. The Balaban J connectivity index is 2.22. The highest BCUT2D eigenvalue weighted by Gasteiger charge is 2.16. The van der Waals surface area contributed by atoms with E-state index in [1.54, 1.807) is 11.4 Å². The molecule has 8 heteroatoms. The number of benzene rings is 1. The summed E-state index contributed by atoms with van der Waals surface area (Å²) in [6.45, 7) is 3.42. The van der Waals surface area contributed by atoms with Crippen molar-refractivity contribution in [2.75, 3.05) is 11.3 Å². The second kappa shape index (κ2) is 6.53. The van der Waals surface area contributed by atoms with Crippen LogP contribution in [-0.2, 0) is 16.6 Å². The summed E-state index contributed by atoms with van der Waals surface area (Å²) in [5.41, 5.74) is 0.863. The molecule has 0 amide bonds. The predicted octanol–water partition coefficient (Wildman–Crippen LogP) is 2.71. The molecule has 1 heterocycles. The normalized spacial score (nSPS) is 11.5. The molecular formula is C12H14ClN3O2S2. The van der Waals surface area contributed by atoms with Crippen molar-refractivity contribution in [2.24, 2.45) is 0 Å². The lowest BCUT2D eigenvalue weighted by atomic mass is 10.2. The van der Waals surface area contributed by atoms with Gasteiger partial charge < -0.3 is 5.32 Å². The number of thiazole rings is 1. The second-order valence-electron chi connectivity index (χ2n) is 3.98. The highest BCUT2D eigenvalue weighted by Crippen LogP contribution is 2.23. The van der Waals surface area contributed by atoms with Crippen LogP contribution < -0.4 is 10.0 Å². The molecule has 0 bridgehead atoms. The minimum absolute atomic E-state index is 0.123. The maximum absolute atomic E-state index is 12.2. The summed E-state index contributed by atoms with van der Waals surface area (Å²) in [5.74, 6) is 0. The fourth-order valence-electron chi connectivity index (χ4n) is 1.55. The smallest absolute Gasteiger partial charge is 0.263 e. The van der Waals surface area contributed by atoms with Crippen LogP contribution >= 0.6 is 22.9 Å². The van der Waals surface area contributed by atoms with Gasteiger partial charge in [-0.05, 0) is 24.2 Å². The Labute approximate surface area is 127 Å². The summed E-state index contributed by atoms with van der Waals surface area (Å²) in [6.07, 6.45) is 1.54. The zero-order chi connectivity index (χ0) is 14.6. The number of halogens is 1. The fourth-order valence-corrected chi connectivity index (χ4v) is 3.67. The highest BCUT2D eigenvalue weighted by atomic mass is 35.5. The van der Waals surface area contributed by atoms with Crippen molar-refractivity contribution < 1.29 is 8.42 Å². The molecule has 108 valence electrons. The molecule has 0 aliphatic rings. The third-order valence-electron chi connectivity index (χ3n) is 2.55. The van der Waals surface area contributed by atoms with Crippen molar-refractivity contribution in [3.05, 3.63) is 40.4 Å². The standard InChI is InChI=1S/C12H14ClN3O2S2/c1-2-14-8-9-3-4-10(7-11(9)13)20(17,18)16-12-15-5-6-19-12/h3-7,14H,2,8H2,1H3,(H,15,16). The van der Waals surface area contributed by atoms with Crippen molar-refractivity contribution in [3.63, 3.8) is 0 Å². The molecular weight excluding hydrogens is 318 g/mol. The first kappa shape index (κ1) is 15.2. The van der Waals surface area contributed by atoms with E-state index in [-0.39, 0.29) is 4.90 Å². The minimum atomic E-state index is -3.65. The molecule has 5 nitrogen and oxygen atoms in total. The van der Waals surface area contributed by atoms with E-state index in [2.05, 4.69) is 15.0 Å². The van der Waals surface area contributed by atoms with Gasteiger partial charge in [0.25, 0.3) is 10.0 Å². The lowest BCUT2D eigenvalue weighted by Crippen LogP contribution is -2.14. The van der Waals surface area contributed by atoms with Gasteiger partial charge in [0.2, 0.25) is 0 Å². The van der Waals surface area contributed by atoms with E-state index in [4.69, 9.17) is 11.6 Å². The van der Waals surface area contributed by atoms with Crippen LogP contribution in [0.15, 0.2) is 34.7 Å². The van der Waals surface area contributed by atoms with E-state index in [9.17, 15) is 8.42 Å². The fraction of sp³-hybridized carbons (Fsp3) is 0.250. The van der Waals surface area contributed by atoms with E-state index in [0.717, 1.165) is 12.1 Å². The van der Waals surface area contributed by atoms with E-state index in [0.29, 0.717) is 16.7 Å². The number of anilines is 1. The zero-order valence-corrected chi connectivity index (χ0v) is 13.1. The molecule has 0 spiro atoms. The molecule has 0 aliphatic heterocycles. The monoisotopic (exact) mass is 331 g/mol. The molecule has 0 atom stereocenters. The number of sulfonamides is 1. The van der Waals surface area contributed by atoms with Gasteiger partial charge in [0.05, 0.1) is 4.90 Å². The van der Waals surface area contributed by atoms with Crippen molar-refractivity contribution in [1.29, 1.82) is 0 Å². The largest absolute Gasteiger partial charge is 0.313 e. The van der Waals surface area contributed by atoms with Gasteiger partial charge in [-0.2, -0.15) is 0 Å².